The van der Waals surface area contributed by atoms with Gasteiger partial charge in [0, 0.05) is 11.3 Å². The van der Waals surface area contributed by atoms with Gasteiger partial charge in [-0.1, -0.05) is 31.5 Å². The average Bonchev–Trinajstić information content (AvgIpc) is 2.85. The highest BCUT2D eigenvalue weighted by atomic mass is 16.5. The first-order valence-electron chi connectivity index (χ1n) is 11.1. The largest absolute Gasteiger partial charge is 0.494 e. The Morgan fingerprint density at radius 1 is 0.882 bits per heavy atom. The van der Waals surface area contributed by atoms with E-state index in [0.29, 0.717) is 23.6 Å². The molecule has 0 saturated heterocycles. The van der Waals surface area contributed by atoms with Crippen LogP contribution in [0.3, 0.4) is 0 Å². The first-order chi connectivity index (χ1) is 16.4. The van der Waals surface area contributed by atoms with Crippen LogP contribution in [0, 0.1) is 0 Å². The van der Waals surface area contributed by atoms with Crippen molar-refractivity contribution in [3.63, 3.8) is 0 Å². The summed E-state index contributed by atoms with van der Waals surface area (Å²) in [6.45, 7) is 3.20. The van der Waals surface area contributed by atoms with Crippen molar-refractivity contribution in [2.45, 2.75) is 26.7 Å². The van der Waals surface area contributed by atoms with Gasteiger partial charge in [-0.25, -0.2) is 0 Å². The smallest absolute Gasteiger partial charge is 0.326 e. The van der Waals surface area contributed by atoms with Crippen LogP contribution in [0.2, 0.25) is 0 Å². The molecule has 0 heterocycles. The van der Waals surface area contributed by atoms with Crippen molar-refractivity contribution >= 4 is 29.4 Å². The summed E-state index contributed by atoms with van der Waals surface area (Å²) in [5, 5.41) is 2.45. The number of ether oxygens (including phenoxy) is 3. The summed E-state index contributed by atoms with van der Waals surface area (Å²) < 4.78 is 15.5. The second-order valence-electron chi connectivity index (χ2n) is 7.19. The van der Waals surface area contributed by atoms with E-state index >= 15 is 0 Å². The van der Waals surface area contributed by atoms with Gasteiger partial charge in [-0.2, -0.15) is 0 Å². The van der Waals surface area contributed by atoms with E-state index in [4.69, 9.17) is 14.2 Å². The molecule has 0 aliphatic carbocycles. The van der Waals surface area contributed by atoms with Crippen molar-refractivity contribution in [3.05, 3.63) is 60.2 Å². The SMILES string of the molecule is CCCCOc1ccc(C(=O)NCC(=O)OCC(=O)N(CC(=O)OCC)c2ccccc2)cc1. The molecule has 0 aromatic heterocycles. The maximum atomic E-state index is 12.6. The van der Waals surface area contributed by atoms with Gasteiger partial charge in [0.2, 0.25) is 0 Å². The van der Waals surface area contributed by atoms with E-state index < -0.39 is 36.9 Å². The van der Waals surface area contributed by atoms with Crippen LogP contribution >= 0.6 is 0 Å². The number of benzene rings is 2. The van der Waals surface area contributed by atoms with Crippen molar-refractivity contribution in [3.8, 4) is 5.75 Å². The molecule has 0 aliphatic rings. The topological polar surface area (TPSA) is 111 Å². The maximum absolute atomic E-state index is 12.6. The molecular weight excluding hydrogens is 440 g/mol. The van der Waals surface area contributed by atoms with Gasteiger partial charge < -0.3 is 19.5 Å². The van der Waals surface area contributed by atoms with E-state index in [1.54, 1.807) is 61.5 Å². The molecule has 182 valence electrons. The Bertz CT molecular complexity index is 945. The zero-order valence-electron chi connectivity index (χ0n) is 19.5. The standard InChI is InChI=1S/C25H30N2O7/c1-3-5-15-33-21-13-11-19(12-14-21)25(31)26-16-23(29)34-18-22(28)27(17-24(30)32-4-2)20-9-7-6-8-10-20/h6-14H,3-5,15-18H2,1-2H3,(H,26,31). The van der Waals surface area contributed by atoms with E-state index in [9.17, 15) is 19.2 Å². The fraction of sp³-hybridized carbons (Fsp3) is 0.360. The molecule has 34 heavy (non-hydrogen) atoms. The zero-order valence-corrected chi connectivity index (χ0v) is 19.5. The number of para-hydroxylation sites is 1. The second-order valence-corrected chi connectivity index (χ2v) is 7.19. The van der Waals surface area contributed by atoms with Crippen LogP contribution in [-0.4, -0.2) is 56.7 Å². The number of anilines is 1. The van der Waals surface area contributed by atoms with E-state index in [1.807, 2.05) is 0 Å². The van der Waals surface area contributed by atoms with Gasteiger partial charge in [0.15, 0.2) is 6.61 Å². The number of amides is 2. The summed E-state index contributed by atoms with van der Waals surface area (Å²) in [5.74, 6) is -1.77. The summed E-state index contributed by atoms with van der Waals surface area (Å²) in [6, 6.07) is 15.1. The Balaban J connectivity index is 1.83. The highest BCUT2D eigenvalue weighted by molar-refractivity contribution is 5.99. The van der Waals surface area contributed by atoms with Gasteiger partial charge in [0.05, 0.1) is 13.2 Å². The maximum Gasteiger partial charge on any atom is 0.326 e. The number of nitrogens with zero attached hydrogens (tertiary/aromatic N) is 1. The molecule has 2 rings (SSSR count). The minimum Gasteiger partial charge on any atom is -0.494 e. The third-order valence-corrected chi connectivity index (χ3v) is 4.59. The van der Waals surface area contributed by atoms with Crippen LogP contribution < -0.4 is 15.0 Å². The van der Waals surface area contributed by atoms with E-state index in [-0.39, 0.29) is 13.2 Å². The summed E-state index contributed by atoms with van der Waals surface area (Å²) in [5.41, 5.74) is 0.823. The molecule has 0 fully saturated rings. The van der Waals surface area contributed by atoms with Crippen LogP contribution in [0.4, 0.5) is 5.69 Å². The number of rotatable bonds is 13. The molecule has 9 nitrogen and oxygen atoms in total. The van der Waals surface area contributed by atoms with Gasteiger partial charge in [-0.3, -0.25) is 24.1 Å². The van der Waals surface area contributed by atoms with Gasteiger partial charge in [-0.05, 0) is 49.7 Å². The minimum absolute atomic E-state index is 0.180. The van der Waals surface area contributed by atoms with Crippen molar-refractivity contribution in [2.75, 3.05) is 37.8 Å². The van der Waals surface area contributed by atoms with E-state index in [2.05, 4.69) is 12.2 Å². The third-order valence-electron chi connectivity index (χ3n) is 4.59. The van der Waals surface area contributed by atoms with Crippen LogP contribution in [0.1, 0.15) is 37.0 Å². The molecule has 9 heteroatoms. The number of esters is 2. The zero-order chi connectivity index (χ0) is 24.8. The summed E-state index contributed by atoms with van der Waals surface area (Å²) in [7, 11) is 0. The Hall–Kier alpha value is -3.88. The van der Waals surface area contributed by atoms with Gasteiger partial charge in [-0.15, -0.1) is 0 Å². The Morgan fingerprint density at radius 2 is 1.59 bits per heavy atom. The molecule has 0 unspecified atom stereocenters. The lowest BCUT2D eigenvalue weighted by atomic mass is 10.2. The monoisotopic (exact) mass is 470 g/mol. The first kappa shape index (κ1) is 26.4. The van der Waals surface area contributed by atoms with Gasteiger partial charge in [0.1, 0.15) is 18.8 Å². The number of nitrogens with one attached hydrogen (secondary N) is 1. The Morgan fingerprint density at radius 3 is 2.24 bits per heavy atom. The van der Waals surface area contributed by atoms with Crippen molar-refractivity contribution < 1.29 is 33.4 Å². The summed E-state index contributed by atoms with van der Waals surface area (Å²) in [6.07, 6.45) is 1.97. The number of carbonyl (C=O) groups excluding carboxylic acids is 4. The number of carbonyl (C=O) groups is 4. The molecule has 0 bridgehead atoms. The van der Waals surface area contributed by atoms with Crippen LogP contribution in [0.5, 0.6) is 5.75 Å². The number of unbranched alkanes of at least 4 members (excludes halogenated alkanes) is 1. The van der Waals surface area contributed by atoms with Crippen molar-refractivity contribution in [1.82, 2.24) is 5.32 Å². The molecule has 2 aromatic carbocycles. The average molecular weight is 471 g/mol. The number of hydrogen-bond donors (Lipinski definition) is 1. The minimum atomic E-state index is -0.787. The highest BCUT2D eigenvalue weighted by Crippen LogP contribution is 2.14. The lowest BCUT2D eigenvalue weighted by molar-refractivity contribution is -0.147. The fourth-order valence-corrected chi connectivity index (χ4v) is 2.83. The molecular formula is C25H30N2O7. The van der Waals surface area contributed by atoms with E-state index in [0.717, 1.165) is 12.8 Å². The highest BCUT2D eigenvalue weighted by Gasteiger charge is 2.21. The van der Waals surface area contributed by atoms with Gasteiger partial charge in [0.25, 0.3) is 11.8 Å². The quantitative estimate of drug-likeness (QED) is 0.354. The molecule has 0 atom stereocenters. The predicted molar refractivity (Wildman–Crippen MR) is 126 cm³/mol. The fourth-order valence-electron chi connectivity index (χ4n) is 2.83. The normalized spacial score (nSPS) is 10.2. The molecule has 1 N–H and O–H groups in total. The van der Waals surface area contributed by atoms with E-state index in [1.165, 1.54) is 4.90 Å². The lowest BCUT2D eigenvalue weighted by Gasteiger charge is -2.21. The molecule has 0 radical (unpaired) electrons. The number of hydrogen-bond acceptors (Lipinski definition) is 7. The lowest BCUT2D eigenvalue weighted by Crippen LogP contribution is -2.40. The second kappa shape index (κ2) is 14.3. The molecule has 0 saturated carbocycles. The molecule has 2 aromatic rings. The molecule has 0 spiro atoms. The predicted octanol–water partition coefficient (Wildman–Crippen LogP) is 2.73. The summed E-state index contributed by atoms with van der Waals surface area (Å²) >= 11 is 0. The van der Waals surface area contributed by atoms with Crippen molar-refractivity contribution in [1.29, 1.82) is 0 Å². The first-order valence-corrected chi connectivity index (χ1v) is 11.1. The third kappa shape index (κ3) is 8.93. The molecule has 2 amide bonds. The van der Waals surface area contributed by atoms with Crippen LogP contribution in [0.15, 0.2) is 54.6 Å². The molecule has 0 aliphatic heterocycles. The summed E-state index contributed by atoms with van der Waals surface area (Å²) in [4.78, 5) is 50.0. The Kier molecular flexibility index (Phi) is 11.1. The van der Waals surface area contributed by atoms with Gasteiger partial charge >= 0.3 is 11.9 Å². The van der Waals surface area contributed by atoms with Crippen molar-refractivity contribution in [2.24, 2.45) is 0 Å². The van der Waals surface area contributed by atoms with Crippen LogP contribution in [0.25, 0.3) is 0 Å². The Labute approximate surface area is 199 Å². The van der Waals surface area contributed by atoms with Crippen LogP contribution in [-0.2, 0) is 23.9 Å².